The van der Waals surface area contributed by atoms with Crippen LogP contribution < -0.4 is 11.1 Å². The second-order valence-corrected chi connectivity index (χ2v) is 5.23. The molecule has 0 radical (unpaired) electrons. The van der Waals surface area contributed by atoms with Crippen LogP contribution in [0.15, 0.2) is 18.2 Å². The lowest BCUT2D eigenvalue weighted by atomic mass is 9.74. The predicted molar refractivity (Wildman–Crippen MR) is 71.9 cm³/mol. The molecule has 0 spiro atoms. The number of aryl methyl sites for hydroxylation is 1. The Morgan fingerprint density at radius 2 is 2.11 bits per heavy atom. The van der Waals surface area contributed by atoms with Gasteiger partial charge in [0.15, 0.2) is 0 Å². The molecule has 0 heterocycles. The maximum absolute atomic E-state index is 12.2. The monoisotopic (exact) mass is 262 g/mol. The molecular formula is C14H18N2O3. The van der Waals surface area contributed by atoms with Crippen molar-refractivity contribution in [3.63, 3.8) is 0 Å². The largest absolute Gasteiger partial charge is 0.481 e. The minimum atomic E-state index is -0.881. The Hall–Kier alpha value is -2.04. The summed E-state index contributed by atoms with van der Waals surface area (Å²) in [6.07, 6.45) is 2.37. The van der Waals surface area contributed by atoms with Crippen LogP contribution in [0.25, 0.3) is 0 Å². The Kier molecular flexibility index (Phi) is 3.46. The highest BCUT2D eigenvalue weighted by Gasteiger charge is 2.40. The number of aliphatic carboxylic acids is 1. The Labute approximate surface area is 111 Å². The summed E-state index contributed by atoms with van der Waals surface area (Å²) < 4.78 is 0. The van der Waals surface area contributed by atoms with Crippen molar-refractivity contribution in [2.24, 2.45) is 0 Å². The first-order chi connectivity index (χ1) is 8.92. The van der Waals surface area contributed by atoms with Crippen LogP contribution in [0.3, 0.4) is 0 Å². The molecule has 1 fully saturated rings. The van der Waals surface area contributed by atoms with Crippen molar-refractivity contribution in [2.75, 3.05) is 5.73 Å². The third kappa shape index (κ3) is 2.86. The van der Waals surface area contributed by atoms with Crippen LogP contribution in [0.1, 0.15) is 41.6 Å². The van der Waals surface area contributed by atoms with E-state index in [1.807, 2.05) is 6.92 Å². The van der Waals surface area contributed by atoms with Gasteiger partial charge in [0, 0.05) is 11.3 Å². The van der Waals surface area contributed by atoms with Gasteiger partial charge in [-0.05, 0) is 49.9 Å². The maximum atomic E-state index is 12.2. The zero-order chi connectivity index (χ0) is 14.0. The number of carboxylic acids is 1. The van der Waals surface area contributed by atoms with Crippen LogP contribution in [0.4, 0.5) is 5.69 Å². The van der Waals surface area contributed by atoms with E-state index in [2.05, 4.69) is 5.32 Å². The number of carboxylic acid groups (broad SMARTS) is 1. The van der Waals surface area contributed by atoms with Gasteiger partial charge in [-0.2, -0.15) is 0 Å². The van der Waals surface area contributed by atoms with Gasteiger partial charge in [-0.3, -0.25) is 9.59 Å². The average Bonchev–Trinajstić information content (AvgIpc) is 2.29. The molecule has 0 unspecified atom stereocenters. The zero-order valence-corrected chi connectivity index (χ0v) is 10.9. The van der Waals surface area contributed by atoms with Gasteiger partial charge >= 0.3 is 5.97 Å². The van der Waals surface area contributed by atoms with Crippen LogP contribution in [0.2, 0.25) is 0 Å². The lowest BCUT2D eigenvalue weighted by Crippen LogP contribution is -2.54. The first-order valence-corrected chi connectivity index (χ1v) is 6.32. The molecule has 1 aromatic rings. The van der Waals surface area contributed by atoms with E-state index in [9.17, 15) is 9.59 Å². The highest BCUT2D eigenvalue weighted by molar-refractivity contribution is 5.95. The number of amides is 1. The van der Waals surface area contributed by atoms with Crippen LogP contribution in [0, 0.1) is 6.92 Å². The summed E-state index contributed by atoms with van der Waals surface area (Å²) in [4.78, 5) is 23.0. The van der Waals surface area contributed by atoms with Crippen LogP contribution in [0.5, 0.6) is 0 Å². The highest BCUT2D eigenvalue weighted by atomic mass is 16.4. The zero-order valence-electron chi connectivity index (χ0n) is 10.9. The molecule has 1 amide bonds. The molecule has 0 aliphatic heterocycles. The molecule has 5 nitrogen and oxygen atoms in total. The predicted octanol–water partition coefficient (Wildman–Crippen LogP) is 1.70. The van der Waals surface area contributed by atoms with Gasteiger partial charge in [-0.25, -0.2) is 0 Å². The molecule has 0 atom stereocenters. The quantitative estimate of drug-likeness (QED) is 0.720. The molecule has 5 heteroatoms. The number of carbonyl (C=O) groups excluding carboxylic acids is 1. The van der Waals surface area contributed by atoms with E-state index in [1.54, 1.807) is 18.2 Å². The van der Waals surface area contributed by atoms with E-state index in [0.29, 0.717) is 11.3 Å². The number of rotatable bonds is 4. The van der Waals surface area contributed by atoms with E-state index in [4.69, 9.17) is 10.8 Å². The van der Waals surface area contributed by atoms with Gasteiger partial charge in [0.25, 0.3) is 5.91 Å². The Morgan fingerprint density at radius 3 is 2.58 bits per heavy atom. The van der Waals surface area contributed by atoms with Gasteiger partial charge in [0.2, 0.25) is 0 Å². The number of hydrogen-bond acceptors (Lipinski definition) is 3. The average molecular weight is 262 g/mol. The topological polar surface area (TPSA) is 92.4 Å². The van der Waals surface area contributed by atoms with Crippen molar-refractivity contribution >= 4 is 17.6 Å². The molecule has 102 valence electrons. The SMILES string of the molecule is Cc1cc(C(=O)NC2(CC(=O)O)CCC2)ccc1N. The minimum absolute atomic E-state index is 0.0211. The molecule has 0 saturated heterocycles. The van der Waals surface area contributed by atoms with Crippen LogP contribution in [-0.4, -0.2) is 22.5 Å². The molecule has 19 heavy (non-hydrogen) atoms. The van der Waals surface area contributed by atoms with E-state index >= 15 is 0 Å². The molecule has 2 rings (SSSR count). The number of nitrogen functional groups attached to an aromatic ring is 1. The second-order valence-electron chi connectivity index (χ2n) is 5.23. The molecule has 0 aromatic heterocycles. The Balaban J connectivity index is 2.11. The van der Waals surface area contributed by atoms with E-state index in [0.717, 1.165) is 24.8 Å². The number of hydrogen-bond donors (Lipinski definition) is 3. The lowest BCUT2D eigenvalue weighted by molar-refractivity contribution is -0.139. The van der Waals surface area contributed by atoms with Crippen LogP contribution in [-0.2, 0) is 4.79 Å². The maximum Gasteiger partial charge on any atom is 0.305 e. The third-order valence-corrected chi connectivity index (χ3v) is 3.71. The molecule has 1 aromatic carbocycles. The summed E-state index contributed by atoms with van der Waals surface area (Å²) in [7, 11) is 0. The number of anilines is 1. The fraction of sp³-hybridized carbons (Fsp3) is 0.429. The van der Waals surface area contributed by atoms with E-state index in [-0.39, 0.29) is 12.3 Å². The van der Waals surface area contributed by atoms with E-state index < -0.39 is 11.5 Å². The Morgan fingerprint density at radius 1 is 1.42 bits per heavy atom. The van der Waals surface area contributed by atoms with Crippen molar-refractivity contribution in [3.8, 4) is 0 Å². The van der Waals surface area contributed by atoms with Gasteiger partial charge in [0.1, 0.15) is 0 Å². The summed E-state index contributed by atoms with van der Waals surface area (Å²) in [6.45, 7) is 1.84. The molecule has 1 aliphatic carbocycles. The third-order valence-electron chi connectivity index (χ3n) is 3.71. The van der Waals surface area contributed by atoms with E-state index in [1.165, 1.54) is 0 Å². The summed E-state index contributed by atoms with van der Waals surface area (Å²) in [6, 6.07) is 5.07. The summed E-state index contributed by atoms with van der Waals surface area (Å²) in [5.74, 6) is -1.11. The standard InChI is InChI=1S/C14H18N2O3/c1-9-7-10(3-4-11(9)15)13(19)16-14(5-2-6-14)8-12(17)18/h3-4,7H,2,5-6,8,15H2,1H3,(H,16,19)(H,17,18). The molecule has 0 bridgehead atoms. The number of nitrogens with one attached hydrogen (secondary N) is 1. The minimum Gasteiger partial charge on any atom is -0.481 e. The molecular weight excluding hydrogens is 244 g/mol. The number of nitrogens with two attached hydrogens (primary N) is 1. The summed E-state index contributed by atoms with van der Waals surface area (Å²) >= 11 is 0. The van der Waals surface area contributed by atoms with Gasteiger partial charge < -0.3 is 16.2 Å². The fourth-order valence-corrected chi connectivity index (χ4v) is 2.37. The van der Waals surface area contributed by atoms with Crippen molar-refractivity contribution in [2.45, 2.75) is 38.1 Å². The summed E-state index contributed by atoms with van der Waals surface area (Å²) in [5, 5.41) is 11.8. The first-order valence-electron chi connectivity index (χ1n) is 6.32. The first kappa shape index (κ1) is 13.4. The molecule has 4 N–H and O–H groups in total. The van der Waals surface area contributed by atoms with Crippen molar-refractivity contribution in [1.29, 1.82) is 0 Å². The van der Waals surface area contributed by atoms with Crippen LogP contribution >= 0.6 is 0 Å². The lowest BCUT2D eigenvalue weighted by Gasteiger charge is -2.41. The molecule has 1 saturated carbocycles. The number of benzene rings is 1. The summed E-state index contributed by atoms with van der Waals surface area (Å²) in [5.41, 5.74) is 7.14. The Bertz CT molecular complexity index is 521. The van der Waals surface area contributed by atoms with Crippen molar-refractivity contribution in [1.82, 2.24) is 5.32 Å². The van der Waals surface area contributed by atoms with Gasteiger partial charge in [0.05, 0.1) is 12.0 Å². The number of carbonyl (C=O) groups is 2. The highest BCUT2D eigenvalue weighted by Crippen LogP contribution is 2.35. The fourth-order valence-electron chi connectivity index (χ4n) is 2.37. The smallest absolute Gasteiger partial charge is 0.305 e. The van der Waals surface area contributed by atoms with Crippen molar-refractivity contribution < 1.29 is 14.7 Å². The van der Waals surface area contributed by atoms with Gasteiger partial charge in [-0.1, -0.05) is 0 Å². The van der Waals surface area contributed by atoms with Gasteiger partial charge in [-0.15, -0.1) is 0 Å². The normalized spacial score (nSPS) is 16.5. The molecule has 1 aliphatic rings. The second kappa shape index (κ2) is 4.91. The van der Waals surface area contributed by atoms with Crippen molar-refractivity contribution in [3.05, 3.63) is 29.3 Å².